The Bertz CT molecular complexity index is 312. The van der Waals surface area contributed by atoms with Crippen LogP contribution in [0.1, 0.15) is 13.3 Å². The standard InChI is InChI=1S/C11H15NO2/c1-2-5-12-9-3-4-10-11(8-9)14-7-6-13-10/h3-4,8,12H,2,5-7H2,1H3. The Labute approximate surface area is 84.0 Å². The van der Waals surface area contributed by atoms with E-state index in [1.807, 2.05) is 18.2 Å². The molecule has 1 aromatic carbocycles. The van der Waals surface area contributed by atoms with Crippen LogP contribution in [0.25, 0.3) is 0 Å². The Balaban J connectivity index is 2.12. The molecule has 0 saturated heterocycles. The van der Waals surface area contributed by atoms with Gasteiger partial charge in [-0.2, -0.15) is 0 Å². The fourth-order valence-electron chi connectivity index (χ4n) is 1.42. The van der Waals surface area contributed by atoms with Crippen molar-refractivity contribution >= 4 is 5.69 Å². The lowest BCUT2D eigenvalue weighted by molar-refractivity contribution is 0.171. The van der Waals surface area contributed by atoms with Crippen LogP contribution in [0, 0.1) is 0 Å². The minimum atomic E-state index is 0.643. The molecule has 0 saturated carbocycles. The molecular formula is C11H15NO2. The number of hydrogen-bond acceptors (Lipinski definition) is 3. The number of ether oxygens (including phenoxy) is 2. The van der Waals surface area contributed by atoms with Crippen LogP contribution < -0.4 is 14.8 Å². The Morgan fingerprint density at radius 1 is 1.21 bits per heavy atom. The number of fused-ring (bicyclic) bond motifs is 1. The van der Waals surface area contributed by atoms with Crippen molar-refractivity contribution in [1.82, 2.24) is 0 Å². The van der Waals surface area contributed by atoms with Crippen molar-refractivity contribution in [2.45, 2.75) is 13.3 Å². The van der Waals surface area contributed by atoms with Gasteiger partial charge in [0.15, 0.2) is 11.5 Å². The number of anilines is 1. The highest BCUT2D eigenvalue weighted by molar-refractivity contribution is 5.55. The van der Waals surface area contributed by atoms with Gasteiger partial charge in [-0.1, -0.05) is 6.92 Å². The van der Waals surface area contributed by atoms with Gasteiger partial charge >= 0.3 is 0 Å². The van der Waals surface area contributed by atoms with Gasteiger partial charge in [0.1, 0.15) is 13.2 Å². The van der Waals surface area contributed by atoms with Crippen LogP contribution in [0.15, 0.2) is 18.2 Å². The first-order valence-electron chi connectivity index (χ1n) is 5.03. The number of hydrogen-bond donors (Lipinski definition) is 1. The van der Waals surface area contributed by atoms with Gasteiger partial charge in [0.2, 0.25) is 0 Å². The summed E-state index contributed by atoms with van der Waals surface area (Å²) in [5.74, 6) is 1.69. The quantitative estimate of drug-likeness (QED) is 0.798. The van der Waals surface area contributed by atoms with Crippen molar-refractivity contribution in [3.05, 3.63) is 18.2 Å². The summed E-state index contributed by atoms with van der Waals surface area (Å²) in [6.45, 7) is 4.42. The summed E-state index contributed by atoms with van der Waals surface area (Å²) in [5, 5.41) is 3.31. The van der Waals surface area contributed by atoms with E-state index in [1.165, 1.54) is 0 Å². The van der Waals surface area contributed by atoms with E-state index < -0.39 is 0 Å². The van der Waals surface area contributed by atoms with E-state index in [2.05, 4.69) is 12.2 Å². The zero-order valence-electron chi connectivity index (χ0n) is 8.38. The van der Waals surface area contributed by atoms with E-state index >= 15 is 0 Å². The molecule has 1 aliphatic heterocycles. The maximum Gasteiger partial charge on any atom is 0.163 e. The van der Waals surface area contributed by atoms with Gasteiger partial charge in [-0.15, -0.1) is 0 Å². The minimum absolute atomic E-state index is 0.643. The predicted octanol–water partition coefficient (Wildman–Crippen LogP) is 2.28. The van der Waals surface area contributed by atoms with Crippen molar-refractivity contribution in [2.75, 3.05) is 25.1 Å². The zero-order chi connectivity index (χ0) is 9.80. The lowest BCUT2D eigenvalue weighted by Gasteiger charge is -2.19. The highest BCUT2D eigenvalue weighted by atomic mass is 16.6. The molecule has 1 N–H and O–H groups in total. The normalized spacial score (nSPS) is 13.8. The van der Waals surface area contributed by atoms with Gasteiger partial charge in [0.05, 0.1) is 0 Å². The van der Waals surface area contributed by atoms with Gasteiger partial charge < -0.3 is 14.8 Å². The van der Waals surface area contributed by atoms with Gasteiger partial charge in [0.25, 0.3) is 0 Å². The van der Waals surface area contributed by atoms with Gasteiger partial charge in [-0.25, -0.2) is 0 Å². The molecule has 1 heterocycles. The first kappa shape index (κ1) is 9.19. The second kappa shape index (κ2) is 4.22. The maximum absolute atomic E-state index is 5.48. The van der Waals surface area contributed by atoms with E-state index in [1.54, 1.807) is 0 Å². The van der Waals surface area contributed by atoms with Crippen molar-refractivity contribution in [3.8, 4) is 11.5 Å². The van der Waals surface area contributed by atoms with Gasteiger partial charge in [0, 0.05) is 18.3 Å². The lowest BCUT2D eigenvalue weighted by atomic mass is 10.2. The van der Waals surface area contributed by atoms with Crippen LogP contribution in [0.3, 0.4) is 0 Å². The summed E-state index contributed by atoms with van der Waals surface area (Å²) in [5.41, 5.74) is 1.09. The Morgan fingerprint density at radius 3 is 2.79 bits per heavy atom. The molecule has 0 amide bonds. The molecule has 0 atom stereocenters. The molecule has 0 radical (unpaired) electrons. The molecule has 1 aliphatic rings. The maximum atomic E-state index is 5.48. The number of benzene rings is 1. The third-order valence-electron chi connectivity index (χ3n) is 2.12. The van der Waals surface area contributed by atoms with Crippen molar-refractivity contribution in [1.29, 1.82) is 0 Å². The molecule has 3 heteroatoms. The molecule has 0 aromatic heterocycles. The van der Waals surface area contributed by atoms with Crippen molar-refractivity contribution in [3.63, 3.8) is 0 Å². The SMILES string of the molecule is CCCNc1ccc2c(c1)OCCO2. The summed E-state index contributed by atoms with van der Waals surface area (Å²) in [6, 6.07) is 5.96. The van der Waals surface area contributed by atoms with Gasteiger partial charge in [-0.05, 0) is 18.6 Å². The first-order chi connectivity index (χ1) is 6.90. The Morgan fingerprint density at radius 2 is 2.00 bits per heavy atom. The molecule has 3 nitrogen and oxygen atoms in total. The third-order valence-corrected chi connectivity index (χ3v) is 2.12. The van der Waals surface area contributed by atoms with Crippen molar-refractivity contribution < 1.29 is 9.47 Å². The average molecular weight is 193 g/mol. The smallest absolute Gasteiger partial charge is 0.163 e. The molecular weight excluding hydrogens is 178 g/mol. The Kier molecular flexibility index (Phi) is 2.77. The minimum Gasteiger partial charge on any atom is -0.486 e. The molecule has 76 valence electrons. The molecule has 0 unspecified atom stereocenters. The number of nitrogens with one attached hydrogen (secondary N) is 1. The third kappa shape index (κ3) is 1.92. The van der Waals surface area contributed by atoms with Crippen LogP contribution in [0.4, 0.5) is 5.69 Å². The van der Waals surface area contributed by atoms with E-state index in [0.29, 0.717) is 13.2 Å². The van der Waals surface area contributed by atoms with Crippen LogP contribution in [-0.2, 0) is 0 Å². The summed E-state index contributed by atoms with van der Waals surface area (Å²) in [6.07, 6.45) is 1.12. The molecule has 0 bridgehead atoms. The van der Waals surface area contributed by atoms with E-state index in [9.17, 15) is 0 Å². The molecule has 2 rings (SSSR count). The summed E-state index contributed by atoms with van der Waals surface area (Å²) in [7, 11) is 0. The fraction of sp³-hybridized carbons (Fsp3) is 0.455. The van der Waals surface area contributed by atoms with Crippen LogP contribution in [-0.4, -0.2) is 19.8 Å². The van der Waals surface area contributed by atoms with Gasteiger partial charge in [-0.3, -0.25) is 0 Å². The monoisotopic (exact) mass is 193 g/mol. The fourth-order valence-corrected chi connectivity index (χ4v) is 1.42. The Hall–Kier alpha value is -1.38. The second-order valence-corrected chi connectivity index (χ2v) is 3.29. The molecule has 0 aliphatic carbocycles. The van der Waals surface area contributed by atoms with Crippen LogP contribution >= 0.6 is 0 Å². The largest absolute Gasteiger partial charge is 0.486 e. The van der Waals surface area contributed by atoms with Crippen LogP contribution in [0.2, 0.25) is 0 Å². The summed E-state index contributed by atoms with van der Waals surface area (Å²) >= 11 is 0. The predicted molar refractivity (Wildman–Crippen MR) is 56.2 cm³/mol. The average Bonchev–Trinajstić information content (AvgIpc) is 2.26. The van der Waals surface area contributed by atoms with E-state index in [0.717, 1.165) is 30.2 Å². The molecule has 1 aromatic rings. The summed E-state index contributed by atoms with van der Waals surface area (Å²) < 4.78 is 10.9. The highest BCUT2D eigenvalue weighted by Gasteiger charge is 2.10. The van der Waals surface area contributed by atoms with E-state index in [-0.39, 0.29) is 0 Å². The topological polar surface area (TPSA) is 30.5 Å². The first-order valence-corrected chi connectivity index (χ1v) is 5.03. The highest BCUT2D eigenvalue weighted by Crippen LogP contribution is 2.32. The molecule has 14 heavy (non-hydrogen) atoms. The van der Waals surface area contributed by atoms with Crippen LogP contribution in [0.5, 0.6) is 11.5 Å². The van der Waals surface area contributed by atoms with E-state index in [4.69, 9.17) is 9.47 Å². The number of rotatable bonds is 3. The lowest BCUT2D eigenvalue weighted by Crippen LogP contribution is -2.15. The molecule has 0 spiro atoms. The van der Waals surface area contributed by atoms with Crippen molar-refractivity contribution in [2.24, 2.45) is 0 Å². The molecule has 0 fully saturated rings. The zero-order valence-corrected chi connectivity index (χ0v) is 8.38. The second-order valence-electron chi connectivity index (χ2n) is 3.29. The summed E-state index contributed by atoms with van der Waals surface area (Å²) in [4.78, 5) is 0.